The maximum absolute atomic E-state index is 13.1. The third kappa shape index (κ3) is 4.75. The molecule has 0 radical (unpaired) electrons. The Morgan fingerprint density at radius 3 is 2.41 bits per heavy atom. The van der Waals surface area contributed by atoms with Gasteiger partial charge in [-0.05, 0) is 43.3 Å². The summed E-state index contributed by atoms with van der Waals surface area (Å²) in [6.45, 7) is 5.94. The second-order valence-corrected chi connectivity index (χ2v) is 9.57. The number of ether oxygens (including phenoxy) is 1. The lowest BCUT2D eigenvalue weighted by molar-refractivity contribution is 0.246. The van der Waals surface area contributed by atoms with Crippen LogP contribution in [0, 0.1) is 0 Å². The van der Waals surface area contributed by atoms with Crippen LogP contribution in [0.25, 0.3) is 33.1 Å². The summed E-state index contributed by atoms with van der Waals surface area (Å²) >= 11 is 0. The molecule has 39 heavy (non-hydrogen) atoms. The van der Waals surface area contributed by atoms with Gasteiger partial charge in [-0.3, -0.25) is 4.90 Å². The van der Waals surface area contributed by atoms with Crippen molar-refractivity contribution in [3.8, 4) is 22.6 Å². The highest BCUT2D eigenvalue weighted by atomic mass is 16.5. The molecule has 0 spiro atoms. The summed E-state index contributed by atoms with van der Waals surface area (Å²) in [5.41, 5.74) is 1.76. The van der Waals surface area contributed by atoms with E-state index in [2.05, 4.69) is 21.9 Å². The zero-order valence-corrected chi connectivity index (χ0v) is 21.6. The van der Waals surface area contributed by atoms with Gasteiger partial charge in [-0.15, -0.1) is 0 Å². The molecule has 0 atom stereocenters. The number of para-hydroxylation sites is 2. The van der Waals surface area contributed by atoms with Crippen molar-refractivity contribution in [2.75, 3.05) is 37.7 Å². The van der Waals surface area contributed by atoms with Gasteiger partial charge in [0.2, 0.25) is 0 Å². The van der Waals surface area contributed by atoms with E-state index in [4.69, 9.17) is 13.6 Å². The lowest BCUT2D eigenvalue weighted by atomic mass is 9.99. The summed E-state index contributed by atoms with van der Waals surface area (Å²) in [7, 11) is 0. The van der Waals surface area contributed by atoms with Crippen molar-refractivity contribution < 1.29 is 18.7 Å². The fourth-order valence-corrected chi connectivity index (χ4v) is 5.25. The van der Waals surface area contributed by atoms with Crippen molar-refractivity contribution in [1.82, 2.24) is 4.90 Å². The van der Waals surface area contributed by atoms with E-state index in [1.165, 1.54) is 11.8 Å². The van der Waals surface area contributed by atoms with E-state index in [1.807, 2.05) is 37.3 Å². The molecule has 0 bridgehead atoms. The van der Waals surface area contributed by atoms with Crippen molar-refractivity contribution >= 4 is 27.6 Å². The zero-order valence-electron chi connectivity index (χ0n) is 21.6. The van der Waals surface area contributed by atoms with Crippen LogP contribution in [0.2, 0.25) is 0 Å². The van der Waals surface area contributed by atoms with Crippen molar-refractivity contribution in [1.29, 1.82) is 0 Å². The third-order valence-electron chi connectivity index (χ3n) is 7.18. The molecule has 0 aliphatic carbocycles. The number of anilines is 1. The average molecular weight is 525 g/mol. The number of hydrogen-bond donors (Lipinski definition) is 1. The molecule has 198 valence electrons. The van der Waals surface area contributed by atoms with Crippen molar-refractivity contribution in [2.24, 2.45) is 0 Å². The quantitative estimate of drug-likeness (QED) is 0.310. The molecule has 1 N–H and O–H groups in total. The van der Waals surface area contributed by atoms with Gasteiger partial charge in [0.15, 0.2) is 11.3 Å². The lowest BCUT2D eigenvalue weighted by Crippen LogP contribution is -2.46. The molecule has 3 heterocycles. The monoisotopic (exact) mass is 524 g/mol. The number of piperazine rings is 1. The van der Waals surface area contributed by atoms with Gasteiger partial charge in [0.1, 0.15) is 11.3 Å². The molecule has 8 heteroatoms. The first kappa shape index (κ1) is 24.8. The highest BCUT2D eigenvalue weighted by Crippen LogP contribution is 2.35. The average Bonchev–Trinajstić information content (AvgIpc) is 2.95. The number of rotatable bonds is 6. The number of phenolic OH excluding ortho intramolecular Hbond substituents is 1. The second kappa shape index (κ2) is 10.3. The van der Waals surface area contributed by atoms with E-state index in [1.54, 1.807) is 24.3 Å². The highest BCUT2D eigenvalue weighted by Gasteiger charge is 2.22. The van der Waals surface area contributed by atoms with E-state index in [9.17, 15) is 14.7 Å². The number of benzene rings is 3. The van der Waals surface area contributed by atoms with E-state index >= 15 is 0 Å². The van der Waals surface area contributed by atoms with Crippen molar-refractivity contribution in [2.45, 2.75) is 13.5 Å². The van der Waals surface area contributed by atoms with E-state index in [0.29, 0.717) is 46.4 Å². The van der Waals surface area contributed by atoms with Gasteiger partial charge in [0, 0.05) is 60.8 Å². The number of nitrogens with zero attached hydrogens (tertiary/aromatic N) is 2. The normalized spacial score (nSPS) is 14.2. The summed E-state index contributed by atoms with van der Waals surface area (Å²) < 4.78 is 16.9. The van der Waals surface area contributed by atoms with Gasteiger partial charge in [-0.2, -0.15) is 0 Å². The Hall–Kier alpha value is -4.56. The Bertz CT molecular complexity index is 1770. The standard InChI is InChI=1S/C31H28N2O6/c1-2-37-27-10-6-7-20-17-24(31(36)39-29(20)27)23-18-28(35)38-30-22(23)11-12-26(34)25(30)19-32-13-15-33(16-14-32)21-8-4-3-5-9-21/h3-12,17-18,34H,2,13-16,19H2,1H3. The summed E-state index contributed by atoms with van der Waals surface area (Å²) in [5, 5.41) is 12.0. The molecule has 3 aromatic carbocycles. The fourth-order valence-electron chi connectivity index (χ4n) is 5.25. The fraction of sp³-hybridized carbons (Fsp3) is 0.226. The minimum absolute atomic E-state index is 0.0418. The first-order valence-electron chi connectivity index (χ1n) is 13.0. The highest BCUT2D eigenvalue weighted by molar-refractivity contribution is 5.97. The molecular formula is C31H28N2O6. The summed E-state index contributed by atoms with van der Waals surface area (Å²) in [5.74, 6) is 0.524. The predicted molar refractivity (Wildman–Crippen MR) is 151 cm³/mol. The van der Waals surface area contributed by atoms with Gasteiger partial charge in [-0.25, -0.2) is 9.59 Å². The Kier molecular flexibility index (Phi) is 6.54. The Labute approximate surface area is 224 Å². The van der Waals surface area contributed by atoms with Crippen molar-refractivity contribution in [3.63, 3.8) is 0 Å². The molecule has 1 saturated heterocycles. The lowest BCUT2D eigenvalue weighted by Gasteiger charge is -2.36. The molecule has 0 amide bonds. The largest absolute Gasteiger partial charge is 0.507 e. The first-order chi connectivity index (χ1) is 19.0. The molecule has 1 fully saturated rings. The number of fused-ring (bicyclic) bond motifs is 2. The van der Waals surface area contributed by atoms with E-state index < -0.39 is 11.3 Å². The SMILES string of the molecule is CCOc1cccc2cc(-c3cc(=O)oc4c(CN5CCN(c6ccccc6)CC5)c(O)ccc34)c(=O)oc12. The molecule has 0 unspecified atom stereocenters. The second-order valence-electron chi connectivity index (χ2n) is 9.57. The summed E-state index contributed by atoms with van der Waals surface area (Å²) in [4.78, 5) is 30.4. The van der Waals surface area contributed by atoms with Crippen LogP contribution >= 0.6 is 0 Å². The summed E-state index contributed by atoms with van der Waals surface area (Å²) in [6.07, 6.45) is 0. The summed E-state index contributed by atoms with van der Waals surface area (Å²) in [6, 6.07) is 21.9. The molecular weight excluding hydrogens is 496 g/mol. The Balaban J connectivity index is 1.37. The van der Waals surface area contributed by atoms with Crippen LogP contribution in [0.5, 0.6) is 11.5 Å². The van der Waals surface area contributed by atoms with Crippen LogP contribution in [0.3, 0.4) is 0 Å². The van der Waals surface area contributed by atoms with E-state index in [0.717, 1.165) is 26.2 Å². The molecule has 1 aliphatic rings. The van der Waals surface area contributed by atoms with Gasteiger partial charge >= 0.3 is 11.3 Å². The number of phenols is 1. The van der Waals surface area contributed by atoms with Gasteiger partial charge in [-0.1, -0.05) is 30.3 Å². The van der Waals surface area contributed by atoms with Crippen LogP contribution < -0.4 is 20.9 Å². The molecule has 0 saturated carbocycles. The first-order valence-corrected chi connectivity index (χ1v) is 13.0. The van der Waals surface area contributed by atoms with Crippen LogP contribution in [-0.2, 0) is 6.54 Å². The molecule has 6 rings (SSSR count). The molecule has 8 nitrogen and oxygen atoms in total. The topological polar surface area (TPSA) is 96.4 Å². The van der Waals surface area contributed by atoms with Crippen molar-refractivity contribution in [3.05, 3.63) is 99.2 Å². The third-order valence-corrected chi connectivity index (χ3v) is 7.18. The number of aromatic hydroxyl groups is 1. The molecule has 2 aromatic heterocycles. The van der Waals surface area contributed by atoms with E-state index in [-0.39, 0.29) is 16.9 Å². The van der Waals surface area contributed by atoms with Gasteiger partial charge < -0.3 is 23.6 Å². The minimum Gasteiger partial charge on any atom is -0.507 e. The maximum atomic E-state index is 13.1. The van der Waals surface area contributed by atoms with Crippen LogP contribution in [0.4, 0.5) is 5.69 Å². The Morgan fingerprint density at radius 2 is 1.64 bits per heavy atom. The van der Waals surface area contributed by atoms with Crippen LogP contribution in [0.1, 0.15) is 12.5 Å². The Morgan fingerprint density at radius 1 is 0.846 bits per heavy atom. The van der Waals surface area contributed by atoms with Gasteiger partial charge in [0.25, 0.3) is 0 Å². The smallest absolute Gasteiger partial charge is 0.344 e. The van der Waals surface area contributed by atoms with Gasteiger partial charge in [0.05, 0.1) is 17.7 Å². The molecule has 1 aliphatic heterocycles. The minimum atomic E-state index is -0.610. The van der Waals surface area contributed by atoms with Crippen LogP contribution in [0.15, 0.2) is 91.2 Å². The number of hydrogen-bond acceptors (Lipinski definition) is 8. The van der Waals surface area contributed by atoms with Crippen LogP contribution in [-0.4, -0.2) is 42.8 Å². The zero-order chi connectivity index (χ0) is 26.9. The predicted octanol–water partition coefficient (Wildman–Crippen LogP) is 4.99. The maximum Gasteiger partial charge on any atom is 0.344 e. The molecule has 5 aromatic rings.